The average molecular weight is 371 g/mol. The summed E-state index contributed by atoms with van der Waals surface area (Å²) in [6.45, 7) is 13.1. The van der Waals surface area contributed by atoms with Gasteiger partial charge in [-0.05, 0) is 25.5 Å². The molecular formula is C21H29N3O3. The Hall–Kier alpha value is -2.89. The summed E-state index contributed by atoms with van der Waals surface area (Å²) in [5, 5.41) is 2.73. The molecule has 0 radical (unpaired) electrons. The van der Waals surface area contributed by atoms with Gasteiger partial charge in [-0.3, -0.25) is 14.4 Å². The van der Waals surface area contributed by atoms with Crippen molar-refractivity contribution in [2.24, 2.45) is 0 Å². The minimum atomic E-state index is -0.181. The van der Waals surface area contributed by atoms with E-state index in [1.165, 1.54) is 6.08 Å². The molecule has 0 spiro atoms. The van der Waals surface area contributed by atoms with E-state index in [-0.39, 0.29) is 37.1 Å². The van der Waals surface area contributed by atoms with Gasteiger partial charge in [-0.15, -0.1) is 0 Å². The lowest BCUT2D eigenvalue weighted by atomic mass is 10.2. The lowest BCUT2D eigenvalue weighted by molar-refractivity contribution is -0.128. The fraction of sp³-hybridized carbons (Fsp3) is 0.381. The van der Waals surface area contributed by atoms with Gasteiger partial charge in [0.25, 0.3) is 0 Å². The first-order chi connectivity index (χ1) is 12.9. The smallest absolute Gasteiger partial charge is 0.246 e. The molecule has 1 aliphatic rings. The first kappa shape index (κ1) is 22.2. The third kappa shape index (κ3) is 7.90. The molecule has 0 atom stereocenters. The molecule has 1 aliphatic heterocycles. The molecule has 0 aromatic rings. The molecule has 0 fully saturated rings. The van der Waals surface area contributed by atoms with Crippen LogP contribution in [0.1, 0.15) is 26.7 Å². The lowest BCUT2D eigenvalue weighted by Crippen LogP contribution is -2.36. The largest absolute Gasteiger partial charge is 0.356 e. The lowest BCUT2D eigenvalue weighted by Gasteiger charge is -2.23. The second-order valence-corrected chi connectivity index (χ2v) is 6.17. The van der Waals surface area contributed by atoms with E-state index in [4.69, 9.17) is 0 Å². The van der Waals surface area contributed by atoms with Crippen molar-refractivity contribution in [2.45, 2.75) is 26.7 Å². The molecule has 3 amide bonds. The standard InChI is InChI=1S/C21H29N3O3/c1-5-8-17(3)16-24(18(4)9-6-2)21(27)11-13-22-19(25)12-15-23-14-7-10-20(23)26/h5-10H,3-4,11-16H2,1-2H3,(H,22,25). The average Bonchev–Trinajstić information content (AvgIpc) is 3.03. The summed E-state index contributed by atoms with van der Waals surface area (Å²) in [5.74, 6) is -0.389. The highest BCUT2D eigenvalue weighted by Crippen LogP contribution is 2.10. The molecule has 1 rings (SSSR count). The molecule has 0 aliphatic carbocycles. The van der Waals surface area contributed by atoms with Gasteiger partial charge in [0.2, 0.25) is 17.7 Å². The summed E-state index contributed by atoms with van der Waals surface area (Å²) in [7, 11) is 0. The maximum atomic E-state index is 12.5. The molecule has 146 valence electrons. The van der Waals surface area contributed by atoms with Gasteiger partial charge >= 0.3 is 0 Å². The third-order valence-electron chi connectivity index (χ3n) is 3.94. The maximum absolute atomic E-state index is 12.5. The molecule has 0 saturated heterocycles. The van der Waals surface area contributed by atoms with Crippen LogP contribution in [0.5, 0.6) is 0 Å². The van der Waals surface area contributed by atoms with Crippen molar-refractivity contribution in [3.8, 4) is 0 Å². The van der Waals surface area contributed by atoms with Crippen molar-refractivity contribution in [1.82, 2.24) is 15.1 Å². The normalized spacial score (nSPS) is 13.6. The Kier molecular flexibility index (Phi) is 9.58. The first-order valence-electron chi connectivity index (χ1n) is 9.03. The van der Waals surface area contributed by atoms with E-state index in [0.717, 1.165) is 5.57 Å². The van der Waals surface area contributed by atoms with E-state index in [1.807, 2.05) is 32.1 Å². The Balaban J connectivity index is 2.45. The van der Waals surface area contributed by atoms with Crippen molar-refractivity contribution in [2.75, 3.05) is 26.2 Å². The molecule has 0 saturated carbocycles. The van der Waals surface area contributed by atoms with Crippen molar-refractivity contribution >= 4 is 17.7 Å². The van der Waals surface area contributed by atoms with Crippen molar-refractivity contribution in [3.05, 3.63) is 60.9 Å². The number of nitrogens with one attached hydrogen (secondary N) is 1. The Bertz CT molecular complexity index is 674. The second kappa shape index (κ2) is 11.7. The van der Waals surface area contributed by atoms with Crippen molar-refractivity contribution < 1.29 is 14.4 Å². The topological polar surface area (TPSA) is 69.7 Å². The number of nitrogens with zero attached hydrogens (tertiary/aromatic N) is 2. The zero-order valence-electron chi connectivity index (χ0n) is 16.2. The molecule has 1 heterocycles. The molecular weight excluding hydrogens is 342 g/mol. The fourth-order valence-corrected chi connectivity index (χ4v) is 2.57. The monoisotopic (exact) mass is 371 g/mol. The molecule has 0 aromatic heterocycles. The molecule has 0 aromatic carbocycles. The van der Waals surface area contributed by atoms with Crippen LogP contribution in [0.15, 0.2) is 60.9 Å². The van der Waals surface area contributed by atoms with E-state index < -0.39 is 0 Å². The quantitative estimate of drug-likeness (QED) is 0.567. The van der Waals surface area contributed by atoms with Crippen LogP contribution in [-0.4, -0.2) is 53.7 Å². The fourth-order valence-electron chi connectivity index (χ4n) is 2.57. The van der Waals surface area contributed by atoms with Crippen LogP contribution >= 0.6 is 0 Å². The van der Waals surface area contributed by atoms with Gasteiger partial charge in [0.05, 0.1) is 6.54 Å². The highest BCUT2D eigenvalue weighted by Gasteiger charge is 2.17. The number of carbonyl (C=O) groups is 3. The Morgan fingerprint density at radius 1 is 1.22 bits per heavy atom. The zero-order chi connectivity index (χ0) is 20.2. The molecule has 1 N–H and O–H groups in total. The van der Waals surface area contributed by atoms with E-state index in [1.54, 1.807) is 22.0 Å². The first-order valence-corrected chi connectivity index (χ1v) is 9.03. The summed E-state index contributed by atoms with van der Waals surface area (Å²) in [5.41, 5.74) is 1.38. The summed E-state index contributed by atoms with van der Waals surface area (Å²) in [4.78, 5) is 39.1. The van der Waals surface area contributed by atoms with E-state index in [2.05, 4.69) is 18.5 Å². The number of amides is 3. The van der Waals surface area contributed by atoms with Crippen LogP contribution in [0.2, 0.25) is 0 Å². The Morgan fingerprint density at radius 3 is 2.52 bits per heavy atom. The van der Waals surface area contributed by atoms with Crippen molar-refractivity contribution in [3.63, 3.8) is 0 Å². The predicted molar refractivity (Wildman–Crippen MR) is 108 cm³/mol. The molecule has 0 unspecified atom stereocenters. The highest BCUT2D eigenvalue weighted by atomic mass is 16.2. The van der Waals surface area contributed by atoms with Crippen molar-refractivity contribution in [1.29, 1.82) is 0 Å². The van der Waals surface area contributed by atoms with Gasteiger partial charge in [0.1, 0.15) is 0 Å². The predicted octanol–water partition coefficient (Wildman–Crippen LogP) is 2.33. The maximum Gasteiger partial charge on any atom is 0.246 e. The third-order valence-corrected chi connectivity index (χ3v) is 3.94. The van der Waals surface area contributed by atoms with Gasteiger partial charge in [0, 0.05) is 44.2 Å². The minimum absolute atomic E-state index is 0.0718. The van der Waals surface area contributed by atoms with Crippen LogP contribution in [0.25, 0.3) is 0 Å². The van der Waals surface area contributed by atoms with Gasteiger partial charge in [-0.1, -0.05) is 37.5 Å². The second-order valence-electron chi connectivity index (χ2n) is 6.17. The summed E-state index contributed by atoms with van der Waals surface area (Å²) in [6.07, 6.45) is 10.9. The molecule has 6 nitrogen and oxygen atoms in total. The van der Waals surface area contributed by atoms with Crippen LogP contribution in [0.3, 0.4) is 0 Å². The summed E-state index contributed by atoms with van der Waals surface area (Å²) < 4.78 is 0. The van der Waals surface area contributed by atoms with Gasteiger partial charge in [0.15, 0.2) is 0 Å². The molecule has 6 heteroatoms. The van der Waals surface area contributed by atoms with Crippen LogP contribution in [-0.2, 0) is 14.4 Å². The number of carbonyl (C=O) groups excluding carboxylic acids is 3. The Morgan fingerprint density at radius 2 is 1.93 bits per heavy atom. The number of rotatable bonds is 11. The Labute approximate surface area is 161 Å². The summed E-state index contributed by atoms with van der Waals surface area (Å²) >= 11 is 0. The van der Waals surface area contributed by atoms with Crippen LogP contribution in [0, 0.1) is 0 Å². The molecule has 27 heavy (non-hydrogen) atoms. The SMILES string of the molecule is C=C(C=CC)CN(C(=C)C=CC)C(=O)CCNC(=O)CCN1CC=CC1=O. The van der Waals surface area contributed by atoms with E-state index in [9.17, 15) is 14.4 Å². The van der Waals surface area contributed by atoms with Gasteiger partial charge < -0.3 is 15.1 Å². The molecule has 0 bridgehead atoms. The number of hydrogen-bond acceptors (Lipinski definition) is 3. The van der Waals surface area contributed by atoms with Gasteiger partial charge in [-0.25, -0.2) is 0 Å². The number of hydrogen-bond donors (Lipinski definition) is 1. The zero-order valence-corrected chi connectivity index (χ0v) is 16.2. The van der Waals surface area contributed by atoms with Crippen LogP contribution in [0.4, 0.5) is 0 Å². The van der Waals surface area contributed by atoms with E-state index >= 15 is 0 Å². The van der Waals surface area contributed by atoms with Gasteiger partial charge in [-0.2, -0.15) is 0 Å². The number of allylic oxidation sites excluding steroid dienone is 3. The van der Waals surface area contributed by atoms with Crippen LogP contribution < -0.4 is 5.32 Å². The van der Waals surface area contributed by atoms with E-state index in [0.29, 0.717) is 25.3 Å². The minimum Gasteiger partial charge on any atom is -0.356 e. The summed E-state index contributed by atoms with van der Waals surface area (Å²) in [6, 6.07) is 0. The highest BCUT2D eigenvalue weighted by molar-refractivity contribution is 5.90.